The Bertz CT molecular complexity index is 1320. The molecule has 1 amide bonds. The van der Waals surface area contributed by atoms with Crippen molar-refractivity contribution in [2.75, 3.05) is 13.2 Å². The number of rotatable bonds is 6. The molecule has 30 heavy (non-hydrogen) atoms. The normalized spacial score (nSPS) is 10.8. The van der Waals surface area contributed by atoms with E-state index in [4.69, 9.17) is 4.74 Å². The van der Waals surface area contributed by atoms with E-state index in [1.54, 1.807) is 30.5 Å². The van der Waals surface area contributed by atoms with Gasteiger partial charge in [-0.05, 0) is 54.4 Å². The van der Waals surface area contributed by atoms with Gasteiger partial charge in [0.05, 0.1) is 12.1 Å². The van der Waals surface area contributed by atoms with E-state index in [-0.39, 0.29) is 5.91 Å². The molecule has 0 unspecified atom stereocenters. The lowest BCUT2D eigenvalue weighted by atomic mass is 10.1. The third kappa shape index (κ3) is 4.00. The molecule has 0 radical (unpaired) electrons. The third-order valence-corrected chi connectivity index (χ3v) is 4.57. The standard InChI is InChI=1S/C21H19N5O4/c1-12-3-2-8-22-17(12)19(27)23-9-10-30-14-6-4-13(5-7-14)15-11-16-18(24-15)20(28)26-21(29)25-16/h2-8,11,24H,9-10H2,1H3,(H,23,27)(H2,25,26,28,29). The number of ether oxygens (including phenoxy) is 1. The summed E-state index contributed by atoms with van der Waals surface area (Å²) in [5.41, 5.74) is 2.48. The van der Waals surface area contributed by atoms with Crippen LogP contribution in [0.2, 0.25) is 0 Å². The summed E-state index contributed by atoms with van der Waals surface area (Å²) in [6, 6.07) is 12.6. The predicted octanol–water partition coefficient (Wildman–Crippen LogP) is 1.72. The highest BCUT2D eigenvalue weighted by Gasteiger charge is 2.10. The molecule has 3 aromatic heterocycles. The molecular formula is C21H19N5O4. The van der Waals surface area contributed by atoms with Crippen LogP contribution in [0, 0.1) is 6.92 Å². The van der Waals surface area contributed by atoms with Crippen LogP contribution in [0.25, 0.3) is 22.3 Å². The second-order valence-electron chi connectivity index (χ2n) is 6.68. The Hall–Kier alpha value is -4.14. The van der Waals surface area contributed by atoms with Gasteiger partial charge in [0, 0.05) is 11.9 Å². The number of aromatic nitrogens is 4. The molecule has 1 aromatic carbocycles. The fraction of sp³-hybridized carbons (Fsp3) is 0.143. The summed E-state index contributed by atoms with van der Waals surface area (Å²) in [4.78, 5) is 47.2. The first kappa shape index (κ1) is 19.2. The fourth-order valence-corrected chi connectivity index (χ4v) is 3.08. The Morgan fingerprint density at radius 3 is 2.67 bits per heavy atom. The molecule has 0 saturated carbocycles. The van der Waals surface area contributed by atoms with E-state index in [9.17, 15) is 14.4 Å². The Morgan fingerprint density at radius 1 is 1.10 bits per heavy atom. The first-order valence-corrected chi connectivity index (χ1v) is 9.29. The van der Waals surface area contributed by atoms with E-state index in [2.05, 4.69) is 25.3 Å². The van der Waals surface area contributed by atoms with Crippen LogP contribution >= 0.6 is 0 Å². The number of carbonyl (C=O) groups excluding carboxylic acids is 1. The zero-order chi connectivity index (χ0) is 21.1. The SMILES string of the molecule is Cc1cccnc1C(=O)NCCOc1ccc(-c2cc3[nH]c(=O)[nH]c(=O)c3[nH]2)cc1. The summed E-state index contributed by atoms with van der Waals surface area (Å²) in [5, 5.41) is 2.78. The number of hydrogen-bond donors (Lipinski definition) is 4. The average Bonchev–Trinajstić information content (AvgIpc) is 3.16. The number of amides is 1. The van der Waals surface area contributed by atoms with Crippen molar-refractivity contribution in [2.24, 2.45) is 0 Å². The first-order valence-electron chi connectivity index (χ1n) is 9.29. The zero-order valence-corrected chi connectivity index (χ0v) is 16.1. The minimum Gasteiger partial charge on any atom is -0.492 e. The number of nitrogens with one attached hydrogen (secondary N) is 4. The van der Waals surface area contributed by atoms with Gasteiger partial charge in [-0.3, -0.25) is 19.6 Å². The fourth-order valence-electron chi connectivity index (χ4n) is 3.08. The van der Waals surface area contributed by atoms with Crippen LogP contribution in [-0.4, -0.2) is 39.0 Å². The highest BCUT2D eigenvalue weighted by molar-refractivity contribution is 5.93. The van der Waals surface area contributed by atoms with Crippen LogP contribution in [0.1, 0.15) is 16.1 Å². The molecule has 9 heteroatoms. The van der Waals surface area contributed by atoms with Gasteiger partial charge >= 0.3 is 5.69 Å². The summed E-state index contributed by atoms with van der Waals surface area (Å²) in [7, 11) is 0. The van der Waals surface area contributed by atoms with Gasteiger partial charge in [0.2, 0.25) is 0 Å². The van der Waals surface area contributed by atoms with Gasteiger partial charge in [-0.2, -0.15) is 0 Å². The zero-order valence-electron chi connectivity index (χ0n) is 16.1. The van der Waals surface area contributed by atoms with Crippen molar-refractivity contribution in [1.29, 1.82) is 0 Å². The summed E-state index contributed by atoms with van der Waals surface area (Å²) < 4.78 is 5.66. The molecular weight excluding hydrogens is 386 g/mol. The van der Waals surface area contributed by atoms with Crippen LogP contribution in [0.3, 0.4) is 0 Å². The second-order valence-corrected chi connectivity index (χ2v) is 6.68. The molecule has 0 aliphatic heterocycles. The van der Waals surface area contributed by atoms with E-state index < -0.39 is 11.2 Å². The molecule has 0 bridgehead atoms. The van der Waals surface area contributed by atoms with Crippen molar-refractivity contribution >= 4 is 16.9 Å². The van der Waals surface area contributed by atoms with Gasteiger partial charge in [-0.25, -0.2) is 4.79 Å². The van der Waals surface area contributed by atoms with Crippen molar-refractivity contribution in [3.63, 3.8) is 0 Å². The molecule has 0 aliphatic rings. The Balaban J connectivity index is 1.36. The minimum absolute atomic E-state index is 0.237. The van der Waals surface area contributed by atoms with Gasteiger partial charge in [0.1, 0.15) is 23.6 Å². The maximum atomic E-state index is 12.1. The van der Waals surface area contributed by atoms with Crippen LogP contribution in [0.15, 0.2) is 58.3 Å². The number of benzene rings is 1. The average molecular weight is 405 g/mol. The second kappa shape index (κ2) is 8.08. The molecule has 4 aromatic rings. The monoisotopic (exact) mass is 405 g/mol. The molecule has 152 valence electrons. The lowest BCUT2D eigenvalue weighted by Gasteiger charge is -2.09. The molecule has 9 nitrogen and oxygen atoms in total. The maximum absolute atomic E-state index is 12.1. The van der Waals surface area contributed by atoms with Crippen molar-refractivity contribution in [3.8, 4) is 17.0 Å². The molecule has 3 heterocycles. The molecule has 4 rings (SSSR count). The van der Waals surface area contributed by atoms with E-state index in [1.165, 1.54) is 0 Å². The number of carbonyl (C=O) groups is 1. The van der Waals surface area contributed by atoms with Gasteiger partial charge < -0.3 is 20.0 Å². The lowest BCUT2D eigenvalue weighted by molar-refractivity contribution is 0.0941. The van der Waals surface area contributed by atoms with Crippen molar-refractivity contribution in [3.05, 3.63) is 80.8 Å². The summed E-state index contributed by atoms with van der Waals surface area (Å²) in [6.07, 6.45) is 1.58. The Labute approximate surface area is 170 Å². The van der Waals surface area contributed by atoms with Gasteiger partial charge in [-0.15, -0.1) is 0 Å². The Kier molecular flexibility index (Phi) is 5.17. The number of hydrogen-bond acceptors (Lipinski definition) is 5. The van der Waals surface area contributed by atoms with Crippen LogP contribution in [-0.2, 0) is 0 Å². The maximum Gasteiger partial charge on any atom is 0.326 e. The molecule has 0 fully saturated rings. The minimum atomic E-state index is -0.549. The van der Waals surface area contributed by atoms with Crippen LogP contribution in [0.4, 0.5) is 0 Å². The molecule has 0 spiro atoms. The van der Waals surface area contributed by atoms with E-state index in [0.29, 0.717) is 41.3 Å². The number of pyridine rings is 1. The molecule has 0 aliphatic carbocycles. The number of H-pyrrole nitrogens is 3. The molecule has 0 atom stereocenters. The van der Waals surface area contributed by atoms with E-state index in [1.807, 2.05) is 25.1 Å². The van der Waals surface area contributed by atoms with Gasteiger partial charge in [0.15, 0.2) is 0 Å². The van der Waals surface area contributed by atoms with Crippen molar-refractivity contribution in [2.45, 2.75) is 6.92 Å². The number of aryl methyl sites for hydroxylation is 1. The Morgan fingerprint density at radius 2 is 1.90 bits per heavy atom. The van der Waals surface area contributed by atoms with Gasteiger partial charge in [-0.1, -0.05) is 6.07 Å². The number of aromatic amines is 3. The van der Waals surface area contributed by atoms with Crippen molar-refractivity contribution < 1.29 is 9.53 Å². The van der Waals surface area contributed by atoms with Crippen LogP contribution in [0.5, 0.6) is 5.75 Å². The topological polar surface area (TPSA) is 133 Å². The van der Waals surface area contributed by atoms with Crippen LogP contribution < -0.4 is 21.3 Å². The summed E-state index contributed by atoms with van der Waals surface area (Å²) in [6.45, 7) is 2.48. The lowest BCUT2D eigenvalue weighted by Crippen LogP contribution is -2.29. The molecule has 0 saturated heterocycles. The smallest absolute Gasteiger partial charge is 0.326 e. The van der Waals surface area contributed by atoms with E-state index in [0.717, 1.165) is 11.1 Å². The molecule has 4 N–H and O–H groups in total. The quantitative estimate of drug-likeness (QED) is 0.363. The number of fused-ring (bicyclic) bond motifs is 1. The highest BCUT2D eigenvalue weighted by atomic mass is 16.5. The number of nitrogens with zero attached hydrogens (tertiary/aromatic N) is 1. The third-order valence-electron chi connectivity index (χ3n) is 4.57. The predicted molar refractivity (Wildman–Crippen MR) is 112 cm³/mol. The summed E-state index contributed by atoms with van der Waals surface area (Å²) >= 11 is 0. The first-order chi connectivity index (χ1) is 14.5. The summed E-state index contributed by atoms with van der Waals surface area (Å²) in [5.74, 6) is 0.406. The van der Waals surface area contributed by atoms with Gasteiger partial charge in [0.25, 0.3) is 11.5 Å². The highest BCUT2D eigenvalue weighted by Crippen LogP contribution is 2.23. The largest absolute Gasteiger partial charge is 0.492 e. The van der Waals surface area contributed by atoms with E-state index >= 15 is 0 Å². The van der Waals surface area contributed by atoms with Crippen molar-refractivity contribution in [1.82, 2.24) is 25.3 Å².